The van der Waals surface area contributed by atoms with E-state index in [2.05, 4.69) is 0 Å². The summed E-state index contributed by atoms with van der Waals surface area (Å²) in [6.07, 6.45) is 1.72. The van der Waals surface area contributed by atoms with Gasteiger partial charge in [-0.05, 0) is 30.1 Å². The molecule has 0 bridgehead atoms. The highest BCUT2D eigenvalue weighted by atomic mass is 32.2. The Labute approximate surface area is 100 Å². The van der Waals surface area contributed by atoms with Gasteiger partial charge in [0.1, 0.15) is 0 Å². The molecule has 1 aromatic carbocycles. The maximum Gasteiger partial charge on any atom is 0.488 e. The lowest BCUT2D eigenvalue weighted by molar-refractivity contribution is 0.334. The first kappa shape index (κ1) is 13.2. The van der Waals surface area contributed by atoms with E-state index in [1.165, 1.54) is 0 Å². The first-order valence-electron chi connectivity index (χ1n) is 4.91. The van der Waals surface area contributed by atoms with Crippen LogP contribution in [0.3, 0.4) is 0 Å². The normalized spacial score (nSPS) is 11.4. The van der Waals surface area contributed by atoms with Crippen molar-refractivity contribution in [2.24, 2.45) is 0 Å². The number of ether oxygens (including phenoxy) is 1. The highest BCUT2D eigenvalue weighted by Crippen LogP contribution is 2.19. The van der Waals surface area contributed by atoms with Crippen molar-refractivity contribution in [1.82, 2.24) is 0 Å². The second-order valence-corrected chi connectivity index (χ2v) is 4.48. The van der Waals surface area contributed by atoms with Crippen LogP contribution < -0.4 is 5.46 Å². The molecule has 1 rings (SSSR count). The van der Waals surface area contributed by atoms with Gasteiger partial charge >= 0.3 is 7.12 Å². The molecular weight excluding hydrogens is 223 g/mol. The minimum atomic E-state index is -1.39. The molecule has 0 aliphatic heterocycles. The van der Waals surface area contributed by atoms with Crippen molar-refractivity contribution in [3.8, 4) is 0 Å². The van der Waals surface area contributed by atoms with Gasteiger partial charge in [-0.15, -0.1) is 11.8 Å². The maximum absolute atomic E-state index is 8.93. The van der Waals surface area contributed by atoms with Crippen LogP contribution in [0.15, 0.2) is 41.0 Å². The smallest absolute Gasteiger partial charge is 0.488 e. The molecule has 86 valence electrons. The number of methoxy groups -OCH3 is 1. The Kier molecular flexibility index (Phi) is 5.45. The molecule has 0 unspecified atom stereocenters. The van der Waals surface area contributed by atoms with Gasteiger partial charge in [-0.2, -0.15) is 0 Å². The van der Waals surface area contributed by atoms with Crippen molar-refractivity contribution in [1.29, 1.82) is 0 Å². The minimum absolute atomic E-state index is 0.508. The number of thioether (sulfide) groups is 1. The zero-order valence-electron chi connectivity index (χ0n) is 9.38. The van der Waals surface area contributed by atoms with Crippen LogP contribution in [0.25, 0.3) is 0 Å². The van der Waals surface area contributed by atoms with Crippen molar-refractivity contribution in [3.63, 3.8) is 0 Å². The van der Waals surface area contributed by atoms with E-state index in [1.807, 2.05) is 19.1 Å². The second kappa shape index (κ2) is 6.63. The number of rotatable bonds is 5. The molecule has 2 N–H and O–H groups in total. The topological polar surface area (TPSA) is 49.7 Å². The molecule has 0 saturated carbocycles. The Balaban J connectivity index is 2.52. The Hall–Kier alpha value is -0.905. The number of hydrogen-bond acceptors (Lipinski definition) is 4. The standard InChI is InChI=1S/C11H15BO3S/c1-9(7-15-2)8-16-11-5-3-10(4-6-11)12(13)14/h3-7,13-14H,8H2,1-2H3/b9-7+. The van der Waals surface area contributed by atoms with E-state index in [9.17, 15) is 0 Å². The number of benzene rings is 1. The zero-order valence-corrected chi connectivity index (χ0v) is 10.2. The Morgan fingerprint density at radius 2 is 2.00 bits per heavy atom. The first-order chi connectivity index (χ1) is 7.63. The quantitative estimate of drug-likeness (QED) is 0.456. The molecule has 0 fully saturated rings. The Morgan fingerprint density at radius 3 is 2.50 bits per heavy atom. The zero-order chi connectivity index (χ0) is 12.0. The Bertz CT molecular complexity index is 349. The van der Waals surface area contributed by atoms with Crippen LogP contribution in [0.2, 0.25) is 0 Å². The minimum Gasteiger partial charge on any atom is -0.504 e. The van der Waals surface area contributed by atoms with Gasteiger partial charge in [0, 0.05) is 10.6 Å². The van der Waals surface area contributed by atoms with E-state index in [1.54, 1.807) is 37.3 Å². The Morgan fingerprint density at radius 1 is 1.38 bits per heavy atom. The molecule has 0 aliphatic carbocycles. The van der Waals surface area contributed by atoms with Gasteiger partial charge in [-0.1, -0.05) is 12.1 Å². The van der Waals surface area contributed by atoms with E-state index in [-0.39, 0.29) is 0 Å². The third-order valence-corrected chi connectivity index (χ3v) is 3.17. The van der Waals surface area contributed by atoms with Crippen molar-refractivity contribution in [2.45, 2.75) is 11.8 Å². The fourth-order valence-electron chi connectivity index (χ4n) is 1.17. The molecule has 1 aromatic rings. The van der Waals surface area contributed by atoms with Crippen molar-refractivity contribution < 1.29 is 14.8 Å². The number of hydrogen-bond donors (Lipinski definition) is 2. The van der Waals surface area contributed by atoms with Crippen molar-refractivity contribution in [3.05, 3.63) is 36.1 Å². The van der Waals surface area contributed by atoms with Crippen LogP contribution in [-0.4, -0.2) is 30.0 Å². The summed E-state index contributed by atoms with van der Waals surface area (Å²) in [5.74, 6) is 0.856. The molecule has 5 heteroatoms. The predicted octanol–water partition coefficient (Wildman–Crippen LogP) is 1.01. The third kappa shape index (κ3) is 4.30. The van der Waals surface area contributed by atoms with Gasteiger partial charge in [-0.3, -0.25) is 0 Å². The second-order valence-electron chi connectivity index (χ2n) is 3.43. The fraction of sp³-hybridized carbons (Fsp3) is 0.273. The van der Waals surface area contributed by atoms with Gasteiger partial charge in [0.2, 0.25) is 0 Å². The molecule has 0 radical (unpaired) electrons. The van der Waals surface area contributed by atoms with Gasteiger partial charge < -0.3 is 14.8 Å². The molecule has 0 heterocycles. The van der Waals surface area contributed by atoms with E-state index >= 15 is 0 Å². The van der Waals surface area contributed by atoms with E-state index in [0.29, 0.717) is 5.46 Å². The largest absolute Gasteiger partial charge is 0.504 e. The predicted molar refractivity (Wildman–Crippen MR) is 67.8 cm³/mol. The van der Waals surface area contributed by atoms with Crippen LogP contribution in [0.5, 0.6) is 0 Å². The maximum atomic E-state index is 8.93. The third-order valence-electron chi connectivity index (χ3n) is 1.96. The summed E-state index contributed by atoms with van der Waals surface area (Å²) in [6, 6.07) is 7.17. The van der Waals surface area contributed by atoms with Gasteiger partial charge in [0.05, 0.1) is 13.4 Å². The summed E-state index contributed by atoms with van der Waals surface area (Å²) >= 11 is 1.68. The molecule has 0 spiro atoms. The highest BCUT2D eigenvalue weighted by Gasteiger charge is 2.09. The summed E-state index contributed by atoms with van der Waals surface area (Å²) in [6.45, 7) is 2.00. The van der Waals surface area contributed by atoms with E-state index < -0.39 is 7.12 Å². The van der Waals surface area contributed by atoms with Crippen LogP contribution in [-0.2, 0) is 4.74 Å². The van der Waals surface area contributed by atoms with Crippen molar-refractivity contribution in [2.75, 3.05) is 12.9 Å². The molecule has 0 saturated heterocycles. The molecular formula is C11H15BO3S. The summed E-state index contributed by atoms with van der Waals surface area (Å²) < 4.78 is 4.90. The fourth-order valence-corrected chi connectivity index (χ4v) is 1.96. The monoisotopic (exact) mass is 238 g/mol. The average molecular weight is 238 g/mol. The van der Waals surface area contributed by atoms with Crippen molar-refractivity contribution >= 4 is 24.3 Å². The lowest BCUT2D eigenvalue weighted by atomic mass is 9.81. The molecule has 0 aliphatic rings. The van der Waals surface area contributed by atoms with Crippen LogP contribution in [0.4, 0.5) is 0 Å². The molecule has 16 heavy (non-hydrogen) atoms. The molecule has 3 nitrogen and oxygen atoms in total. The lowest BCUT2D eigenvalue weighted by Gasteiger charge is -2.03. The van der Waals surface area contributed by atoms with Gasteiger partial charge in [0.25, 0.3) is 0 Å². The molecule has 0 amide bonds. The van der Waals surface area contributed by atoms with E-state index in [0.717, 1.165) is 16.2 Å². The van der Waals surface area contributed by atoms with Gasteiger partial charge in [-0.25, -0.2) is 0 Å². The SMILES string of the molecule is CO/C=C(\C)CSc1ccc(B(O)O)cc1. The summed E-state index contributed by atoms with van der Waals surface area (Å²) in [4.78, 5) is 1.09. The summed E-state index contributed by atoms with van der Waals surface area (Å²) in [7, 11) is 0.236. The van der Waals surface area contributed by atoms with E-state index in [4.69, 9.17) is 14.8 Å². The lowest BCUT2D eigenvalue weighted by Crippen LogP contribution is -2.29. The van der Waals surface area contributed by atoms with Gasteiger partial charge in [0.15, 0.2) is 0 Å². The molecule has 0 aromatic heterocycles. The van der Waals surface area contributed by atoms with Crippen LogP contribution in [0, 0.1) is 0 Å². The van der Waals surface area contributed by atoms with Crippen LogP contribution >= 0.6 is 11.8 Å². The average Bonchev–Trinajstić information content (AvgIpc) is 2.27. The molecule has 0 atom stereocenters. The first-order valence-corrected chi connectivity index (χ1v) is 5.89. The van der Waals surface area contributed by atoms with Crippen LogP contribution in [0.1, 0.15) is 6.92 Å². The summed E-state index contributed by atoms with van der Waals surface area (Å²) in [5, 5.41) is 17.9. The highest BCUT2D eigenvalue weighted by molar-refractivity contribution is 7.99. The summed E-state index contributed by atoms with van der Waals surface area (Å²) in [5.41, 5.74) is 1.66.